The molecule has 0 radical (unpaired) electrons. The topological polar surface area (TPSA) is 0 Å². The summed E-state index contributed by atoms with van der Waals surface area (Å²) in [5.41, 5.74) is 0. The van der Waals surface area contributed by atoms with Crippen LogP contribution in [0.25, 0.3) is 0 Å². The molecule has 0 amide bonds. The average Bonchev–Trinajstić information content (AvgIpc) is 2.21. The van der Waals surface area contributed by atoms with Gasteiger partial charge < -0.3 is 17.0 Å². The number of rotatable bonds is 2. The van der Waals surface area contributed by atoms with Crippen LogP contribution in [0.4, 0.5) is 0 Å². The van der Waals surface area contributed by atoms with E-state index >= 15 is 0 Å². The largest absolute Gasteiger partial charge is 1.00 e. The van der Waals surface area contributed by atoms with E-state index in [2.05, 4.69) is 60.7 Å². The Labute approximate surface area is 123 Å². The van der Waals surface area contributed by atoms with Crippen molar-refractivity contribution in [1.82, 2.24) is 0 Å². The number of halogens is 1. The van der Waals surface area contributed by atoms with Crippen LogP contribution in [0.15, 0.2) is 60.7 Å². The summed E-state index contributed by atoms with van der Waals surface area (Å²) in [6, 6.07) is 21.5. The first-order chi connectivity index (χ1) is 6.45. The van der Waals surface area contributed by atoms with Crippen molar-refractivity contribution in [1.29, 1.82) is 0 Å². The molecule has 0 nitrogen and oxygen atoms in total. The van der Waals surface area contributed by atoms with E-state index in [9.17, 15) is 0 Å². The number of hydrogen-bond donors (Lipinski definition) is 0. The fourth-order valence-corrected chi connectivity index (χ4v) is 2.91. The molecule has 0 aliphatic carbocycles. The maximum atomic E-state index is 2.22. The zero-order valence-electron chi connectivity index (χ0n) is 8.86. The van der Waals surface area contributed by atoms with Gasteiger partial charge in [-0.15, -0.1) is 0 Å². The van der Waals surface area contributed by atoms with Gasteiger partial charge in [0.05, 0.1) is 0 Å². The van der Waals surface area contributed by atoms with Gasteiger partial charge in [-0.1, -0.05) is 60.7 Å². The summed E-state index contributed by atoms with van der Waals surface area (Å²) >= 11 is -0.234. The minimum atomic E-state index is -0.234. The van der Waals surface area contributed by atoms with Gasteiger partial charge in [-0.05, 0) is 0 Å². The molecule has 2 aromatic rings. The van der Waals surface area contributed by atoms with Crippen LogP contribution in [-0.2, 0) is 0 Å². The Morgan fingerprint density at radius 2 is 0.933 bits per heavy atom. The molecule has 15 heavy (non-hydrogen) atoms. The predicted octanol–water partition coefficient (Wildman–Crippen LogP) is -4.65. The summed E-state index contributed by atoms with van der Waals surface area (Å²) < 4.78 is 3.02. The maximum Gasteiger partial charge on any atom is 1.00 e. The third-order valence-corrected chi connectivity index (χ3v) is 3.85. The van der Waals surface area contributed by atoms with Crippen LogP contribution in [0, 0.1) is 0 Å². The summed E-state index contributed by atoms with van der Waals surface area (Å²) in [5.74, 6) is 0. The molecule has 0 aliphatic heterocycles. The van der Waals surface area contributed by atoms with Crippen LogP contribution in [0.3, 0.4) is 0 Å². The average molecular weight is 265 g/mol. The minimum Gasteiger partial charge on any atom is -1.00 e. The Balaban J connectivity index is 0.000000980. The number of benzene rings is 2. The molecule has 68 valence electrons. The van der Waals surface area contributed by atoms with Crippen molar-refractivity contribution < 1.29 is 35.8 Å². The van der Waals surface area contributed by atoms with Gasteiger partial charge in [0.15, 0.2) is 0 Å². The Hall–Kier alpha value is 0.284. The zero-order valence-corrected chi connectivity index (χ0v) is 11.9. The van der Waals surface area contributed by atoms with Gasteiger partial charge in [0, 0.05) is 0 Å². The summed E-state index contributed by atoms with van der Waals surface area (Å²) in [7, 11) is 0. The Kier molecular flexibility index (Phi) is 8.60. The van der Waals surface area contributed by atoms with Gasteiger partial charge in [0.2, 0.25) is 0 Å². The van der Waals surface area contributed by atoms with Gasteiger partial charge in [0.25, 0.3) is 0 Å². The van der Waals surface area contributed by atoms with E-state index < -0.39 is 0 Å². The molecule has 0 atom stereocenters. The van der Waals surface area contributed by atoms with Crippen molar-refractivity contribution in [3.05, 3.63) is 60.7 Å². The molecule has 0 unspecified atom stereocenters. The standard InChI is InChI=1S/2C6H5.BrH.Li.Mg/c2*1-2-4-6-5-3-1;;;/h2*1-5H;1H;;/q;;;+1;/p-1. The monoisotopic (exact) mass is 264 g/mol. The fraction of sp³-hybridized carbons (Fsp3) is 0. The van der Waals surface area contributed by atoms with Crippen molar-refractivity contribution in [2.45, 2.75) is 0 Å². The normalized spacial score (nSPS) is 8.00. The van der Waals surface area contributed by atoms with E-state index in [0.29, 0.717) is 0 Å². The first kappa shape index (κ1) is 15.3. The van der Waals surface area contributed by atoms with Crippen LogP contribution in [0.5, 0.6) is 0 Å². The Morgan fingerprint density at radius 3 is 1.27 bits per heavy atom. The van der Waals surface area contributed by atoms with Gasteiger partial charge >= 0.3 is 39.2 Å². The van der Waals surface area contributed by atoms with Crippen LogP contribution in [-0.4, -0.2) is 20.4 Å². The summed E-state index contributed by atoms with van der Waals surface area (Å²) in [6.45, 7) is 0. The van der Waals surface area contributed by atoms with Crippen LogP contribution >= 0.6 is 0 Å². The van der Waals surface area contributed by atoms with Gasteiger partial charge in [0.1, 0.15) is 0 Å². The quantitative estimate of drug-likeness (QED) is 0.479. The molecule has 3 heteroatoms. The second-order valence-corrected chi connectivity index (χ2v) is 5.13. The van der Waals surface area contributed by atoms with E-state index in [4.69, 9.17) is 0 Å². The van der Waals surface area contributed by atoms with Crippen molar-refractivity contribution in [3.63, 3.8) is 0 Å². The smallest absolute Gasteiger partial charge is 1.00 e. The molecular weight excluding hydrogens is 255 g/mol. The van der Waals surface area contributed by atoms with Gasteiger partial charge in [-0.3, -0.25) is 0 Å². The van der Waals surface area contributed by atoms with Crippen LogP contribution in [0.2, 0.25) is 0 Å². The van der Waals surface area contributed by atoms with E-state index in [0.717, 1.165) is 0 Å². The van der Waals surface area contributed by atoms with Crippen LogP contribution in [0.1, 0.15) is 0 Å². The number of hydrogen-bond acceptors (Lipinski definition) is 0. The molecular formula is C12H10BrLiMg. The first-order valence-corrected chi connectivity index (χ1v) is 5.94. The van der Waals surface area contributed by atoms with E-state index in [1.165, 1.54) is 7.39 Å². The summed E-state index contributed by atoms with van der Waals surface area (Å²) in [6.07, 6.45) is 0. The fourth-order valence-electron chi connectivity index (χ4n) is 1.43. The molecule has 0 aliphatic rings. The minimum absolute atomic E-state index is 0. The molecule has 2 aromatic carbocycles. The second kappa shape index (κ2) is 8.44. The van der Waals surface area contributed by atoms with E-state index in [-0.39, 0.29) is 56.2 Å². The molecule has 0 saturated heterocycles. The van der Waals surface area contributed by atoms with Crippen molar-refractivity contribution in [3.8, 4) is 0 Å². The molecule has 0 saturated carbocycles. The van der Waals surface area contributed by atoms with Gasteiger partial charge in [-0.2, -0.15) is 7.39 Å². The van der Waals surface area contributed by atoms with Crippen molar-refractivity contribution >= 4 is 27.8 Å². The van der Waals surface area contributed by atoms with E-state index in [1.54, 1.807) is 0 Å². The summed E-state index contributed by atoms with van der Waals surface area (Å²) in [5, 5.41) is 0. The van der Waals surface area contributed by atoms with E-state index in [1.807, 2.05) is 0 Å². The van der Waals surface area contributed by atoms with Crippen molar-refractivity contribution in [2.24, 2.45) is 0 Å². The molecule has 0 heterocycles. The molecule has 2 rings (SSSR count). The second-order valence-electron chi connectivity index (χ2n) is 3.15. The molecule has 0 spiro atoms. The predicted molar refractivity (Wildman–Crippen MR) is 57.9 cm³/mol. The third-order valence-electron chi connectivity index (χ3n) is 2.09. The SMILES string of the molecule is [Br-].[Li+].c1cc[c]([Mg][c]2ccccc2)cc1. The Bertz CT molecular complexity index is 326. The third kappa shape index (κ3) is 5.24. The molecule has 0 N–H and O–H groups in total. The Morgan fingerprint density at radius 1 is 0.600 bits per heavy atom. The molecule has 0 bridgehead atoms. The first-order valence-electron chi connectivity index (χ1n) is 4.53. The van der Waals surface area contributed by atoms with Crippen LogP contribution < -0.4 is 43.2 Å². The van der Waals surface area contributed by atoms with Gasteiger partial charge in [-0.25, -0.2) is 0 Å². The molecule has 0 aromatic heterocycles. The molecule has 0 fully saturated rings. The van der Waals surface area contributed by atoms with Crippen molar-refractivity contribution in [2.75, 3.05) is 0 Å². The summed E-state index contributed by atoms with van der Waals surface area (Å²) in [4.78, 5) is 0. The zero-order chi connectivity index (χ0) is 8.93. The maximum absolute atomic E-state index is 2.22.